The van der Waals surface area contributed by atoms with Crippen LogP contribution in [0.15, 0.2) is 41.5 Å². The number of aliphatic hydroxyl groups is 1. The SMILES string of the molecule is COC(=O)c1ccc(N/N=C\c2cc(I)c(OCCO)c(OC)c2)cc1. The quantitative estimate of drug-likeness (QED) is 0.267. The Morgan fingerprint density at radius 2 is 2.00 bits per heavy atom. The maximum Gasteiger partial charge on any atom is 0.337 e. The molecular formula is C18H19IN2O5. The molecule has 0 amide bonds. The fourth-order valence-corrected chi connectivity index (χ4v) is 2.86. The maximum atomic E-state index is 11.4. The van der Waals surface area contributed by atoms with Crippen molar-refractivity contribution in [1.29, 1.82) is 0 Å². The number of esters is 1. The smallest absolute Gasteiger partial charge is 0.337 e. The molecule has 2 aromatic carbocycles. The van der Waals surface area contributed by atoms with Crippen LogP contribution in [0.5, 0.6) is 11.5 Å². The Balaban J connectivity index is 2.08. The van der Waals surface area contributed by atoms with E-state index in [-0.39, 0.29) is 19.2 Å². The Morgan fingerprint density at radius 3 is 2.62 bits per heavy atom. The average Bonchev–Trinajstić information content (AvgIpc) is 2.66. The number of nitrogens with zero attached hydrogens (tertiary/aromatic N) is 1. The van der Waals surface area contributed by atoms with E-state index in [2.05, 4.69) is 37.9 Å². The van der Waals surface area contributed by atoms with E-state index in [0.29, 0.717) is 17.1 Å². The van der Waals surface area contributed by atoms with Crippen LogP contribution in [0, 0.1) is 3.57 Å². The van der Waals surface area contributed by atoms with Crippen molar-refractivity contribution in [2.24, 2.45) is 5.10 Å². The van der Waals surface area contributed by atoms with Gasteiger partial charge in [-0.1, -0.05) is 0 Å². The van der Waals surface area contributed by atoms with Gasteiger partial charge in [0.2, 0.25) is 0 Å². The molecule has 0 aliphatic rings. The first-order chi connectivity index (χ1) is 12.6. The molecule has 0 fully saturated rings. The summed E-state index contributed by atoms with van der Waals surface area (Å²) in [6.07, 6.45) is 1.65. The Hall–Kier alpha value is -2.33. The number of carbonyl (C=O) groups excluding carboxylic acids is 1. The maximum absolute atomic E-state index is 11.4. The number of nitrogens with one attached hydrogen (secondary N) is 1. The van der Waals surface area contributed by atoms with Crippen molar-refractivity contribution >= 4 is 40.5 Å². The van der Waals surface area contributed by atoms with Crippen molar-refractivity contribution in [3.63, 3.8) is 0 Å². The van der Waals surface area contributed by atoms with Crippen LogP contribution < -0.4 is 14.9 Å². The van der Waals surface area contributed by atoms with Gasteiger partial charge < -0.3 is 19.3 Å². The zero-order valence-corrected chi connectivity index (χ0v) is 16.5. The fourth-order valence-electron chi connectivity index (χ4n) is 2.08. The van der Waals surface area contributed by atoms with Gasteiger partial charge in [-0.3, -0.25) is 5.43 Å². The van der Waals surface area contributed by atoms with E-state index in [1.807, 2.05) is 6.07 Å². The van der Waals surface area contributed by atoms with E-state index in [9.17, 15) is 4.79 Å². The van der Waals surface area contributed by atoms with Crippen molar-refractivity contribution in [2.45, 2.75) is 0 Å². The molecule has 0 aromatic heterocycles. The molecular weight excluding hydrogens is 451 g/mol. The summed E-state index contributed by atoms with van der Waals surface area (Å²) in [5, 5.41) is 13.1. The summed E-state index contributed by atoms with van der Waals surface area (Å²) in [7, 11) is 2.90. The summed E-state index contributed by atoms with van der Waals surface area (Å²) in [6.45, 7) is 0.129. The lowest BCUT2D eigenvalue weighted by Crippen LogP contribution is -2.05. The third kappa shape index (κ3) is 5.33. The second-order valence-electron chi connectivity index (χ2n) is 5.05. The number of carbonyl (C=O) groups is 1. The van der Waals surface area contributed by atoms with E-state index >= 15 is 0 Å². The number of hydrazone groups is 1. The highest BCUT2D eigenvalue weighted by atomic mass is 127. The Kier molecular flexibility index (Phi) is 7.67. The molecule has 8 heteroatoms. The van der Waals surface area contributed by atoms with Crippen LogP contribution in [-0.4, -0.2) is 44.7 Å². The third-order valence-corrected chi connectivity index (χ3v) is 4.10. The lowest BCUT2D eigenvalue weighted by molar-refractivity contribution is 0.0601. The number of rotatable bonds is 8. The van der Waals surface area contributed by atoms with Gasteiger partial charge in [-0.05, 0) is 64.6 Å². The van der Waals surface area contributed by atoms with Gasteiger partial charge in [0.15, 0.2) is 11.5 Å². The summed E-state index contributed by atoms with van der Waals surface area (Å²) < 4.78 is 16.3. The van der Waals surface area contributed by atoms with Gasteiger partial charge in [0.25, 0.3) is 0 Å². The molecule has 0 atom stereocenters. The van der Waals surface area contributed by atoms with E-state index in [0.717, 1.165) is 14.8 Å². The van der Waals surface area contributed by atoms with Gasteiger partial charge in [0, 0.05) is 0 Å². The number of methoxy groups -OCH3 is 2. The van der Waals surface area contributed by atoms with E-state index in [4.69, 9.17) is 14.6 Å². The van der Waals surface area contributed by atoms with Crippen LogP contribution in [0.3, 0.4) is 0 Å². The molecule has 2 N–H and O–H groups in total. The molecule has 0 heterocycles. The van der Waals surface area contributed by atoms with Gasteiger partial charge in [0.05, 0.1) is 41.9 Å². The zero-order chi connectivity index (χ0) is 18.9. The predicted octanol–water partition coefficient (Wildman–Crippen LogP) is 2.90. The van der Waals surface area contributed by atoms with Crippen LogP contribution in [0.2, 0.25) is 0 Å². The predicted molar refractivity (Wildman–Crippen MR) is 107 cm³/mol. The molecule has 26 heavy (non-hydrogen) atoms. The number of ether oxygens (including phenoxy) is 3. The minimum absolute atomic E-state index is 0.0683. The highest BCUT2D eigenvalue weighted by Gasteiger charge is 2.11. The molecule has 138 valence electrons. The van der Waals surface area contributed by atoms with Gasteiger partial charge in [-0.15, -0.1) is 0 Å². The van der Waals surface area contributed by atoms with Gasteiger partial charge >= 0.3 is 5.97 Å². The lowest BCUT2D eigenvalue weighted by atomic mass is 10.2. The number of benzene rings is 2. The van der Waals surface area contributed by atoms with Crippen LogP contribution in [0.25, 0.3) is 0 Å². The number of hydrogen-bond acceptors (Lipinski definition) is 7. The minimum Gasteiger partial charge on any atom is -0.493 e. The molecule has 0 spiro atoms. The largest absolute Gasteiger partial charge is 0.493 e. The first kappa shape index (κ1) is 20.0. The van der Waals surface area contributed by atoms with Crippen molar-refractivity contribution < 1.29 is 24.1 Å². The lowest BCUT2D eigenvalue weighted by Gasteiger charge is -2.12. The number of hydrogen-bond donors (Lipinski definition) is 2. The number of halogens is 1. The minimum atomic E-state index is -0.384. The van der Waals surface area contributed by atoms with Crippen LogP contribution in [0.1, 0.15) is 15.9 Å². The standard InChI is InChI=1S/C18H19IN2O5/c1-24-16-10-12(9-15(19)17(16)26-8-7-22)11-20-21-14-5-3-13(4-6-14)18(23)25-2/h3-6,9-11,21-22H,7-8H2,1-2H3/b20-11-. The van der Waals surface area contributed by atoms with Gasteiger partial charge in [0.1, 0.15) is 6.61 Å². The second kappa shape index (κ2) is 9.97. The molecule has 7 nitrogen and oxygen atoms in total. The zero-order valence-electron chi connectivity index (χ0n) is 14.4. The number of aliphatic hydroxyl groups excluding tert-OH is 1. The Bertz CT molecular complexity index is 778. The molecule has 2 aromatic rings. The summed E-state index contributed by atoms with van der Waals surface area (Å²) in [6, 6.07) is 10.5. The fraction of sp³-hybridized carbons (Fsp3) is 0.222. The van der Waals surface area contributed by atoms with Gasteiger partial charge in [-0.25, -0.2) is 4.79 Å². The van der Waals surface area contributed by atoms with Crippen LogP contribution in [0.4, 0.5) is 5.69 Å². The molecule has 2 rings (SSSR count). The molecule has 0 saturated heterocycles. The second-order valence-corrected chi connectivity index (χ2v) is 6.21. The Morgan fingerprint density at radius 1 is 1.27 bits per heavy atom. The van der Waals surface area contributed by atoms with Crippen molar-refractivity contribution in [2.75, 3.05) is 32.9 Å². The number of anilines is 1. The van der Waals surface area contributed by atoms with Crippen molar-refractivity contribution in [3.05, 3.63) is 51.1 Å². The van der Waals surface area contributed by atoms with Crippen LogP contribution in [-0.2, 0) is 4.74 Å². The summed E-state index contributed by atoms with van der Waals surface area (Å²) in [5.74, 6) is 0.769. The van der Waals surface area contributed by atoms with E-state index in [1.165, 1.54) is 7.11 Å². The topological polar surface area (TPSA) is 89.4 Å². The van der Waals surface area contributed by atoms with E-state index in [1.54, 1.807) is 43.7 Å². The molecule has 0 aliphatic heterocycles. The highest BCUT2D eigenvalue weighted by molar-refractivity contribution is 14.1. The van der Waals surface area contributed by atoms with Gasteiger partial charge in [-0.2, -0.15) is 5.10 Å². The normalized spacial score (nSPS) is 10.6. The monoisotopic (exact) mass is 470 g/mol. The van der Waals surface area contributed by atoms with Crippen molar-refractivity contribution in [3.8, 4) is 11.5 Å². The molecule has 0 bridgehead atoms. The average molecular weight is 470 g/mol. The molecule has 0 unspecified atom stereocenters. The first-order valence-electron chi connectivity index (χ1n) is 7.67. The first-order valence-corrected chi connectivity index (χ1v) is 8.75. The van der Waals surface area contributed by atoms with Crippen LogP contribution >= 0.6 is 22.6 Å². The van der Waals surface area contributed by atoms with E-state index < -0.39 is 0 Å². The molecule has 0 saturated carbocycles. The Labute approximate surface area is 165 Å². The van der Waals surface area contributed by atoms with Crippen molar-refractivity contribution in [1.82, 2.24) is 0 Å². The summed E-state index contributed by atoms with van der Waals surface area (Å²) in [4.78, 5) is 11.4. The summed E-state index contributed by atoms with van der Waals surface area (Å²) >= 11 is 2.14. The molecule has 0 radical (unpaired) electrons. The third-order valence-electron chi connectivity index (χ3n) is 3.30. The summed E-state index contributed by atoms with van der Waals surface area (Å²) in [5.41, 5.74) is 4.92. The highest BCUT2D eigenvalue weighted by Crippen LogP contribution is 2.33. The molecule has 0 aliphatic carbocycles.